The molecule has 110 valence electrons. The number of rotatable bonds is 3. The Morgan fingerprint density at radius 1 is 1.14 bits per heavy atom. The predicted octanol–water partition coefficient (Wildman–Crippen LogP) is 4.11. The van der Waals surface area contributed by atoms with Crippen LogP contribution in [0.1, 0.15) is 12.8 Å². The van der Waals surface area contributed by atoms with E-state index in [1.807, 2.05) is 53.2 Å². The number of anilines is 1. The van der Waals surface area contributed by atoms with Gasteiger partial charge in [-0.2, -0.15) is 0 Å². The van der Waals surface area contributed by atoms with Crippen molar-refractivity contribution in [2.24, 2.45) is 5.92 Å². The number of halogens is 1. The summed E-state index contributed by atoms with van der Waals surface area (Å²) in [6.45, 7) is 0. The van der Waals surface area contributed by atoms with Crippen molar-refractivity contribution in [2.75, 3.05) is 5.32 Å². The minimum atomic E-state index is 0.130. The molecule has 1 N–H and O–H groups in total. The van der Waals surface area contributed by atoms with E-state index < -0.39 is 0 Å². The first-order valence-corrected chi connectivity index (χ1v) is 8.04. The van der Waals surface area contributed by atoms with Gasteiger partial charge in [0.1, 0.15) is 5.65 Å². The first-order valence-electron chi connectivity index (χ1n) is 7.24. The quantitative estimate of drug-likeness (QED) is 0.768. The normalized spacial score (nSPS) is 14.2. The Morgan fingerprint density at radius 2 is 1.91 bits per heavy atom. The Kier molecular flexibility index (Phi) is 3.22. The van der Waals surface area contributed by atoms with Crippen LogP contribution in [0.25, 0.3) is 16.9 Å². The molecule has 0 spiro atoms. The summed E-state index contributed by atoms with van der Waals surface area (Å²) in [6, 6.07) is 11.8. The van der Waals surface area contributed by atoms with Crippen LogP contribution in [-0.2, 0) is 4.79 Å². The Morgan fingerprint density at radius 3 is 2.64 bits per heavy atom. The van der Waals surface area contributed by atoms with Gasteiger partial charge in [0.2, 0.25) is 5.91 Å². The zero-order valence-corrected chi connectivity index (χ0v) is 13.4. The lowest BCUT2D eigenvalue weighted by molar-refractivity contribution is -0.117. The number of hydrogen-bond donors (Lipinski definition) is 1. The van der Waals surface area contributed by atoms with Crippen molar-refractivity contribution in [1.82, 2.24) is 9.38 Å². The molecule has 0 aliphatic heterocycles. The molecule has 0 radical (unpaired) electrons. The Bertz CT molecular complexity index is 850. The van der Waals surface area contributed by atoms with Gasteiger partial charge in [-0.05, 0) is 53.0 Å². The molecule has 1 aliphatic rings. The summed E-state index contributed by atoms with van der Waals surface area (Å²) < 4.78 is 3.00. The highest BCUT2D eigenvalue weighted by Crippen LogP contribution is 2.30. The van der Waals surface area contributed by atoms with E-state index in [-0.39, 0.29) is 11.8 Å². The number of pyridine rings is 1. The number of benzene rings is 1. The number of imidazole rings is 1. The molecular weight excluding hydrogens is 342 g/mol. The van der Waals surface area contributed by atoms with Gasteiger partial charge in [0, 0.05) is 34.0 Å². The molecular formula is C17H14BrN3O. The second kappa shape index (κ2) is 5.25. The summed E-state index contributed by atoms with van der Waals surface area (Å²) >= 11 is 3.46. The highest BCUT2D eigenvalue weighted by atomic mass is 79.9. The van der Waals surface area contributed by atoms with E-state index in [2.05, 4.69) is 26.2 Å². The largest absolute Gasteiger partial charge is 0.326 e. The number of aromatic nitrogens is 2. The van der Waals surface area contributed by atoms with Gasteiger partial charge >= 0.3 is 0 Å². The molecule has 2 heterocycles. The Hall–Kier alpha value is -2.14. The number of carbonyl (C=O) groups is 1. The van der Waals surface area contributed by atoms with Gasteiger partial charge in [0.05, 0.1) is 5.69 Å². The minimum absolute atomic E-state index is 0.130. The molecule has 1 amide bonds. The molecule has 3 aromatic rings. The molecule has 1 aromatic carbocycles. The summed E-state index contributed by atoms with van der Waals surface area (Å²) in [5, 5.41) is 2.95. The van der Waals surface area contributed by atoms with Gasteiger partial charge in [-0.3, -0.25) is 4.79 Å². The van der Waals surface area contributed by atoms with Crippen LogP contribution in [0.2, 0.25) is 0 Å². The zero-order chi connectivity index (χ0) is 15.1. The van der Waals surface area contributed by atoms with E-state index in [9.17, 15) is 4.79 Å². The highest BCUT2D eigenvalue weighted by molar-refractivity contribution is 9.10. The number of amides is 1. The maximum absolute atomic E-state index is 11.7. The molecule has 5 heteroatoms. The van der Waals surface area contributed by atoms with Crippen molar-refractivity contribution in [3.8, 4) is 11.3 Å². The topological polar surface area (TPSA) is 46.4 Å². The van der Waals surface area contributed by atoms with Crippen LogP contribution in [0, 0.1) is 5.92 Å². The van der Waals surface area contributed by atoms with Crippen LogP contribution in [0.4, 0.5) is 5.69 Å². The predicted molar refractivity (Wildman–Crippen MR) is 89.7 cm³/mol. The number of nitrogens with one attached hydrogen (secondary N) is 1. The van der Waals surface area contributed by atoms with Crippen molar-refractivity contribution >= 4 is 33.2 Å². The van der Waals surface area contributed by atoms with Gasteiger partial charge in [0.15, 0.2) is 0 Å². The van der Waals surface area contributed by atoms with Crippen molar-refractivity contribution < 1.29 is 4.79 Å². The van der Waals surface area contributed by atoms with Crippen LogP contribution < -0.4 is 5.32 Å². The highest BCUT2D eigenvalue weighted by Gasteiger charge is 2.29. The summed E-state index contributed by atoms with van der Waals surface area (Å²) in [7, 11) is 0. The van der Waals surface area contributed by atoms with E-state index in [1.54, 1.807) is 0 Å². The van der Waals surface area contributed by atoms with Crippen LogP contribution in [-0.4, -0.2) is 15.3 Å². The average Bonchev–Trinajstić information content (AvgIpc) is 3.28. The molecule has 1 fully saturated rings. The number of carbonyl (C=O) groups excluding carboxylic acids is 1. The van der Waals surface area contributed by atoms with Gasteiger partial charge in [-0.1, -0.05) is 12.1 Å². The van der Waals surface area contributed by atoms with Gasteiger partial charge in [-0.25, -0.2) is 4.98 Å². The fraction of sp³-hybridized carbons (Fsp3) is 0.176. The molecule has 2 aromatic heterocycles. The van der Waals surface area contributed by atoms with E-state index in [4.69, 9.17) is 0 Å². The molecule has 0 atom stereocenters. The molecule has 0 saturated heterocycles. The van der Waals surface area contributed by atoms with Gasteiger partial charge in [0.25, 0.3) is 0 Å². The first-order chi connectivity index (χ1) is 10.7. The molecule has 1 aliphatic carbocycles. The maximum Gasteiger partial charge on any atom is 0.227 e. The van der Waals surface area contributed by atoms with Crippen molar-refractivity contribution in [1.29, 1.82) is 0 Å². The molecule has 4 rings (SSSR count). The maximum atomic E-state index is 11.7. The second-order valence-electron chi connectivity index (χ2n) is 5.58. The van der Waals surface area contributed by atoms with Crippen molar-refractivity contribution in [2.45, 2.75) is 12.8 Å². The monoisotopic (exact) mass is 355 g/mol. The number of fused-ring (bicyclic) bond motifs is 1. The third kappa shape index (κ3) is 2.64. The van der Waals surface area contributed by atoms with Crippen molar-refractivity contribution in [3.63, 3.8) is 0 Å². The van der Waals surface area contributed by atoms with E-state index >= 15 is 0 Å². The summed E-state index contributed by atoms with van der Waals surface area (Å²) in [4.78, 5) is 16.4. The van der Waals surface area contributed by atoms with Gasteiger partial charge in [-0.15, -0.1) is 0 Å². The fourth-order valence-electron chi connectivity index (χ4n) is 2.42. The van der Waals surface area contributed by atoms with Crippen LogP contribution in [0.5, 0.6) is 0 Å². The van der Waals surface area contributed by atoms with E-state index in [0.29, 0.717) is 0 Å². The standard InChI is InChI=1S/C17H14BrN3O/c18-13-5-8-16-20-15(10-21(16)9-13)11-3-6-14(7-4-11)19-17(22)12-1-2-12/h3-10,12H,1-2H2,(H,19,22). The SMILES string of the molecule is O=C(Nc1ccc(-c2cn3cc(Br)ccc3n2)cc1)C1CC1. The average molecular weight is 356 g/mol. The third-order valence-corrected chi connectivity index (χ3v) is 4.28. The Balaban J connectivity index is 1.59. The fourth-order valence-corrected chi connectivity index (χ4v) is 2.77. The lowest BCUT2D eigenvalue weighted by Crippen LogP contribution is -2.12. The number of hydrogen-bond acceptors (Lipinski definition) is 2. The Labute approximate surface area is 136 Å². The smallest absolute Gasteiger partial charge is 0.227 e. The molecule has 0 unspecified atom stereocenters. The van der Waals surface area contributed by atoms with E-state index in [0.717, 1.165) is 39.9 Å². The number of nitrogens with zero attached hydrogens (tertiary/aromatic N) is 2. The van der Waals surface area contributed by atoms with Crippen LogP contribution in [0.3, 0.4) is 0 Å². The summed E-state index contributed by atoms with van der Waals surface area (Å²) in [6.07, 6.45) is 6.01. The first kappa shape index (κ1) is 13.5. The summed E-state index contributed by atoms with van der Waals surface area (Å²) in [5.74, 6) is 0.349. The molecule has 0 bridgehead atoms. The van der Waals surface area contributed by atoms with E-state index in [1.165, 1.54) is 0 Å². The lowest BCUT2D eigenvalue weighted by Gasteiger charge is -2.04. The van der Waals surface area contributed by atoms with Crippen LogP contribution in [0.15, 0.2) is 53.3 Å². The molecule has 22 heavy (non-hydrogen) atoms. The van der Waals surface area contributed by atoms with Crippen LogP contribution >= 0.6 is 15.9 Å². The minimum Gasteiger partial charge on any atom is -0.326 e. The zero-order valence-electron chi connectivity index (χ0n) is 11.8. The second-order valence-corrected chi connectivity index (χ2v) is 6.50. The van der Waals surface area contributed by atoms with Gasteiger partial charge < -0.3 is 9.72 Å². The lowest BCUT2D eigenvalue weighted by atomic mass is 10.1. The molecule has 1 saturated carbocycles. The third-order valence-electron chi connectivity index (χ3n) is 3.81. The molecule has 4 nitrogen and oxygen atoms in total. The summed E-state index contributed by atoms with van der Waals surface area (Å²) in [5.41, 5.74) is 3.69. The van der Waals surface area contributed by atoms with Crippen molar-refractivity contribution in [3.05, 3.63) is 53.3 Å².